The van der Waals surface area contributed by atoms with Crippen LogP contribution in [-0.2, 0) is 5.54 Å². The van der Waals surface area contributed by atoms with Crippen molar-refractivity contribution in [3.8, 4) is 0 Å². The van der Waals surface area contributed by atoms with Gasteiger partial charge in [-0.15, -0.1) is 0 Å². The number of nitrogens with one attached hydrogen (secondary N) is 3. The van der Waals surface area contributed by atoms with Crippen LogP contribution in [0.5, 0.6) is 0 Å². The quantitative estimate of drug-likeness (QED) is 0.426. The number of pyridine rings is 2. The molecular formula is C22H26F2N6O4S. The van der Waals surface area contributed by atoms with E-state index in [9.17, 15) is 23.6 Å². The number of amidine groups is 1. The molecule has 2 aromatic heterocycles. The predicted molar refractivity (Wildman–Crippen MR) is 128 cm³/mol. The van der Waals surface area contributed by atoms with E-state index < -0.39 is 49.7 Å². The lowest BCUT2D eigenvalue weighted by Crippen LogP contribution is -2.59. The first kappa shape index (κ1) is 24.9. The van der Waals surface area contributed by atoms with Crippen LogP contribution >= 0.6 is 10.5 Å². The lowest BCUT2D eigenvalue weighted by molar-refractivity contribution is 0.102. The Labute approximate surface area is 201 Å². The molecule has 5 N–H and O–H groups in total. The molecule has 4 heterocycles. The summed E-state index contributed by atoms with van der Waals surface area (Å²) in [5, 5.41) is 13.6. The van der Waals surface area contributed by atoms with Crippen LogP contribution in [-0.4, -0.2) is 54.0 Å². The SMILES string of the molecule is Cc1cc(F)cnc1C(=O)Nc1ccc(F)c([C@@]2(C)N=C(NC(=O)O)C(C)(C)[S@@]3(O)NCC[C@@H]23)n1. The highest BCUT2D eigenvalue weighted by Gasteiger charge is 2.62. The lowest BCUT2D eigenvalue weighted by atomic mass is 9.89. The summed E-state index contributed by atoms with van der Waals surface area (Å²) < 4.78 is 42.3. The molecular weight excluding hydrogens is 482 g/mol. The molecule has 1 fully saturated rings. The molecule has 35 heavy (non-hydrogen) atoms. The van der Waals surface area contributed by atoms with Gasteiger partial charge < -0.3 is 15.0 Å². The summed E-state index contributed by atoms with van der Waals surface area (Å²) in [6.07, 6.45) is 0.000213. The van der Waals surface area contributed by atoms with Crippen molar-refractivity contribution in [2.75, 3.05) is 11.9 Å². The Morgan fingerprint density at radius 2 is 1.94 bits per heavy atom. The Morgan fingerprint density at radius 3 is 2.60 bits per heavy atom. The Hall–Kier alpha value is -3.16. The van der Waals surface area contributed by atoms with Gasteiger partial charge >= 0.3 is 6.09 Å². The number of aliphatic imine (C=N–C) groups is 1. The fraction of sp³-hybridized carbons (Fsp3) is 0.409. The van der Waals surface area contributed by atoms with Crippen molar-refractivity contribution in [3.05, 3.63) is 53.0 Å². The fourth-order valence-electron chi connectivity index (χ4n) is 4.66. The Bertz CT molecular complexity index is 1260. The van der Waals surface area contributed by atoms with E-state index >= 15 is 4.39 Å². The molecule has 0 radical (unpaired) electrons. The van der Waals surface area contributed by atoms with Crippen molar-refractivity contribution >= 4 is 34.1 Å². The summed E-state index contributed by atoms with van der Waals surface area (Å²) in [6.45, 7) is 6.91. The first-order chi connectivity index (χ1) is 16.3. The number of fused-ring (bicyclic) bond motifs is 1. The minimum atomic E-state index is -2.73. The van der Waals surface area contributed by atoms with Crippen molar-refractivity contribution in [2.24, 2.45) is 4.99 Å². The fourth-order valence-corrected chi connectivity index (χ4v) is 8.04. The molecule has 1 saturated heterocycles. The van der Waals surface area contributed by atoms with Gasteiger partial charge in [0.15, 0.2) is 0 Å². The maximum absolute atomic E-state index is 15.2. The summed E-state index contributed by atoms with van der Waals surface area (Å²) in [5.74, 6) is -2.00. The topological polar surface area (TPSA) is 149 Å². The first-order valence-electron chi connectivity index (χ1n) is 10.8. The van der Waals surface area contributed by atoms with E-state index in [-0.39, 0.29) is 23.0 Å². The molecule has 0 saturated carbocycles. The molecule has 2 aliphatic rings. The monoisotopic (exact) mass is 508 g/mol. The third-order valence-corrected chi connectivity index (χ3v) is 10.4. The average molecular weight is 509 g/mol. The molecule has 0 bridgehead atoms. The number of halogens is 2. The molecule has 2 aliphatic heterocycles. The zero-order valence-electron chi connectivity index (χ0n) is 19.5. The highest BCUT2D eigenvalue weighted by molar-refractivity contribution is 8.29. The third-order valence-electron chi connectivity index (χ3n) is 6.51. The summed E-state index contributed by atoms with van der Waals surface area (Å²) >= 11 is 0. The van der Waals surface area contributed by atoms with E-state index in [4.69, 9.17) is 0 Å². The van der Waals surface area contributed by atoms with Gasteiger partial charge in [-0.1, -0.05) is 10.5 Å². The summed E-state index contributed by atoms with van der Waals surface area (Å²) in [7, 11) is -2.73. The van der Waals surface area contributed by atoms with E-state index in [0.29, 0.717) is 18.5 Å². The number of rotatable bonds is 3. The maximum Gasteiger partial charge on any atom is 0.410 e. The number of aromatic nitrogens is 2. The molecule has 188 valence electrons. The zero-order valence-corrected chi connectivity index (χ0v) is 20.3. The second-order valence-corrected chi connectivity index (χ2v) is 12.3. The van der Waals surface area contributed by atoms with Crippen molar-refractivity contribution in [2.45, 2.75) is 49.7 Å². The molecule has 4 rings (SSSR count). The van der Waals surface area contributed by atoms with E-state index in [1.54, 1.807) is 20.8 Å². The van der Waals surface area contributed by atoms with Crippen LogP contribution < -0.4 is 15.4 Å². The summed E-state index contributed by atoms with van der Waals surface area (Å²) in [5.41, 5.74) is -1.31. The van der Waals surface area contributed by atoms with E-state index in [2.05, 4.69) is 30.3 Å². The number of aryl methyl sites for hydroxylation is 1. The van der Waals surface area contributed by atoms with Crippen molar-refractivity contribution < 1.29 is 28.0 Å². The second kappa shape index (κ2) is 8.50. The molecule has 3 atom stereocenters. The third kappa shape index (κ3) is 4.02. The second-order valence-electron chi connectivity index (χ2n) is 9.15. The number of anilines is 1. The van der Waals surface area contributed by atoms with E-state index in [1.807, 2.05) is 0 Å². The number of hydrogen-bond donors (Lipinski definition) is 5. The number of amides is 2. The molecule has 2 amide bonds. The smallest absolute Gasteiger partial charge is 0.410 e. The van der Waals surface area contributed by atoms with Gasteiger partial charge in [0.2, 0.25) is 0 Å². The van der Waals surface area contributed by atoms with Crippen LogP contribution in [0.15, 0.2) is 29.4 Å². The van der Waals surface area contributed by atoms with Gasteiger partial charge in [-0.05, 0) is 57.9 Å². The lowest BCUT2D eigenvalue weighted by Gasteiger charge is -2.56. The molecule has 0 unspecified atom stereocenters. The highest BCUT2D eigenvalue weighted by atomic mass is 32.3. The molecule has 2 aromatic rings. The molecule has 0 aliphatic carbocycles. The number of carboxylic acid groups (broad SMARTS) is 1. The highest BCUT2D eigenvalue weighted by Crippen LogP contribution is 2.67. The van der Waals surface area contributed by atoms with Crippen LogP contribution in [0.25, 0.3) is 0 Å². The number of carbonyl (C=O) groups excluding carboxylic acids is 1. The summed E-state index contributed by atoms with van der Waals surface area (Å²) in [4.78, 5) is 36.9. The molecule has 0 spiro atoms. The van der Waals surface area contributed by atoms with Gasteiger partial charge in [-0.25, -0.2) is 23.5 Å². The average Bonchev–Trinajstić information content (AvgIpc) is 3.18. The van der Waals surface area contributed by atoms with Crippen LogP contribution in [0.1, 0.15) is 48.9 Å². The van der Waals surface area contributed by atoms with Crippen LogP contribution in [0.3, 0.4) is 0 Å². The van der Waals surface area contributed by atoms with Gasteiger partial charge in [0.1, 0.15) is 40.2 Å². The maximum atomic E-state index is 15.2. The Balaban J connectivity index is 1.79. The van der Waals surface area contributed by atoms with Crippen molar-refractivity contribution in [3.63, 3.8) is 0 Å². The Morgan fingerprint density at radius 1 is 1.23 bits per heavy atom. The van der Waals surface area contributed by atoms with Crippen molar-refractivity contribution in [1.82, 2.24) is 20.0 Å². The minimum absolute atomic E-state index is 0.00424. The summed E-state index contributed by atoms with van der Waals surface area (Å²) in [6, 6.07) is 3.54. The number of hydrogen-bond acceptors (Lipinski definition) is 7. The number of carbonyl (C=O) groups is 2. The zero-order chi connectivity index (χ0) is 25.8. The van der Waals surface area contributed by atoms with Gasteiger partial charge in [-0.3, -0.25) is 19.8 Å². The van der Waals surface area contributed by atoms with E-state index in [0.717, 1.165) is 12.3 Å². The molecule has 10 nitrogen and oxygen atoms in total. The van der Waals surface area contributed by atoms with Gasteiger partial charge in [-0.2, -0.15) is 0 Å². The molecule has 13 heteroatoms. The van der Waals surface area contributed by atoms with Gasteiger partial charge in [0.25, 0.3) is 5.91 Å². The standard InChI is InChI=1S/C22H26F2N6O4S/c1-11-9-12(23)10-25-16(11)18(31)28-15-6-5-13(24)17(27-15)22(4)14-7-8-26-35(14,34)21(2,3)19(30-22)29-20(32)33/h5-6,9-10,14,26,34H,7-8H2,1-4H3,(H,29,30)(H,32,33)(H,27,28,31)/t14-,22-/m0/s1. The van der Waals surface area contributed by atoms with Crippen LogP contribution in [0.4, 0.5) is 19.4 Å². The minimum Gasteiger partial charge on any atom is -0.465 e. The van der Waals surface area contributed by atoms with Gasteiger partial charge in [0, 0.05) is 6.54 Å². The normalized spacial score (nSPS) is 27.1. The van der Waals surface area contributed by atoms with E-state index in [1.165, 1.54) is 19.1 Å². The first-order valence-corrected chi connectivity index (χ1v) is 12.4. The molecule has 0 aromatic carbocycles. The van der Waals surface area contributed by atoms with Gasteiger partial charge in [0.05, 0.1) is 16.2 Å². The Kier molecular flexibility index (Phi) is 6.06. The largest absolute Gasteiger partial charge is 0.465 e. The van der Waals surface area contributed by atoms with Crippen LogP contribution in [0.2, 0.25) is 0 Å². The predicted octanol–water partition coefficient (Wildman–Crippen LogP) is 3.54. The van der Waals surface area contributed by atoms with Crippen LogP contribution in [0, 0.1) is 18.6 Å². The van der Waals surface area contributed by atoms with Crippen molar-refractivity contribution in [1.29, 1.82) is 0 Å². The number of nitrogens with zero attached hydrogens (tertiary/aromatic N) is 3.